The number of carboxylic acid groups (broad SMARTS) is 1. The summed E-state index contributed by atoms with van der Waals surface area (Å²) in [7, 11) is 0. The lowest BCUT2D eigenvalue weighted by Crippen LogP contribution is -2.05. The molecule has 0 aliphatic heterocycles. The normalized spacial score (nSPS) is 11.3. The molecule has 0 aliphatic rings. The minimum absolute atomic E-state index is 0.00434. The van der Waals surface area contributed by atoms with Crippen LogP contribution in [0.5, 0.6) is 0 Å². The van der Waals surface area contributed by atoms with Gasteiger partial charge in [-0.25, -0.2) is 0 Å². The molecule has 0 fully saturated rings. The largest absolute Gasteiger partial charge is 0.481 e. The first-order valence-corrected chi connectivity index (χ1v) is 20.0. The second-order valence-corrected chi connectivity index (χ2v) is 13.8. The highest BCUT2D eigenvalue weighted by Crippen LogP contribution is 2.16. The third-order valence-corrected chi connectivity index (χ3v) is 9.28. The summed E-state index contributed by atoms with van der Waals surface area (Å²) in [6, 6.07) is 0. The van der Waals surface area contributed by atoms with Crippen molar-refractivity contribution in [1.29, 1.82) is 0 Å². The minimum atomic E-state index is -0.668. The monoisotopic (exact) mass is 623 g/mol. The summed E-state index contributed by atoms with van der Waals surface area (Å²) in [6.45, 7) is 2.91. The van der Waals surface area contributed by atoms with Crippen LogP contribution in [0.2, 0.25) is 0 Å². The summed E-state index contributed by atoms with van der Waals surface area (Å²) in [5.74, 6) is -0.663. The highest BCUT2D eigenvalue weighted by molar-refractivity contribution is 5.69. The lowest BCUT2D eigenvalue weighted by molar-refractivity contribution is -0.144. The van der Waals surface area contributed by atoms with E-state index in [-0.39, 0.29) is 5.97 Å². The van der Waals surface area contributed by atoms with E-state index in [1.165, 1.54) is 186 Å². The Bertz CT molecular complexity index is 576. The Kier molecular flexibility index (Phi) is 37.2. The van der Waals surface area contributed by atoms with Crippen molar-refractivity contribution in [2.45, 2.75) is 238 Å². The van der Waals surface area contributed by atoms with Gasteiger partial charge in [-0.2, -0.15) is 0 Å². The van der Waals surface area contributed by atoms with Gasteiger partial charge in [0, 0.05) is 12.8 Å². The number of carbonyl (C=O) groups excluding carboxylic acids is 1. The predicted octanol–water partition coefficient (Wildman–Crippen LogP) is 13.7. The molecule has 4 heteroatoms. The van der Waals surface area contributed by atoms with Crippen molar-refractivity contribution >= 4 is 11.9 Å². The van der Waals surface area contributed by atoms with E-state index in [1.54, 1.807) is 0 Å². The molecule has 1 N–H and O–H groups in total. The molecule has 0 rings (SSSR count). The summed E-state index contributed by atoms with van der Waals surface area (Å²) in [6.07, 6.45) is 45.6. The number of hydrogen-bond acceptors (Lipinski definition) is 3. The van der Waals surface area contributed by atoms with Crippen molar-refractivity contribution in [1.82, 2.24) is 0 Å². The van der Waals surface area contributed by atoms with Gasteiger partial charge in [0.15, 0.2) is 0 Å². The number of esters is 1. The van der Waals surface area contributed by atoms with Crippen LogP contribution < -0.4 is 0 Å². The quantitative estimate of drug-likeness (QED) is 0.0549. The lowest BCUT2D eigenvalue weighted by atomic mass is 10.0. The highest BCUT2D eigenvalue weighted by atomic mass is 16.5. The van der Waals surface area contributed by atoms with E-state index in [0.29, 0.717) is 19.4 Å². The molecule has 0 radical (unpaired) electrons. The molecular formula is C40H78O4. The molecule has 0 bridgehead atoms. The van der Waals surface area contributed by atoms with Crippen LogP contribution in [0.4, 0.5) is 0 Å². The molecule has 0 aromatic carbocycles. The third-order valence-electron chi connectivity index (χ3n) is 9.28. The molecule has 262 valence electrons. The van der Waals surface area contributed by atoms with Crippen molar-refractivity contribution in [2.75, 3.05) is 6.61 Å². The molecule has 44 heavy (non-hydrogen) atoms. The minimum Gasteiger partial charge on any atom is -0.481 e. The molecule has 0 aromatic heterocycles. The van der Waals surface area contributed by atoms with Gasteiger partial charge < -0.3 is 9.84 Å². The molecule has 4 nitrogen and oxygen atoms in total. The van der Waals surface area contributed by atoms with Crippen molar-refractivity contribution in [2.24, 2.45) is 0 Å². The first-order chi connectivity index (χ1) is 21.7. The van der Waals surface area contributed by atoms with Gasteiger partial charge in [0.25, 0.3) is 0 Å². The fourth-order valence-electron chi connectivity index (χ4n) is 6.28. The number of hydrogen-bond donors (Lipinski definition) is 1. The Balaban J connectivity index is 3.15. The van der Waals surface area contributed by atoms with E-state index in [1.807, 2.05) is 0 Å². The molecular weight excluding hydrogens is 544 g/mol. The van der Waals surface area contributed by atoms with E-state index >= 15 is 0 Å². The summed E-state index contributed by atoms with van der Waals surface area (Å²) >= 11 is 0. The van der Waals surface area contributed by atoms with Crippen LogP contribution in [0.3, 0.4) is 0 Å². The average molecular weight is 623 g/mol. The maximum Gasteiger partial charge on any atom is 0.305 e. The van der Waals surface area contributed by atoms with Gasteiger partial charge in [-0.15, -0.1) is 0 Å². The van der Waals surface area contributed by atoms with Crippen LogP contribution in [-0.2, 0) is 14.3 Å². The zero-order valence-electron chi connectivity index (χ0n) is 29.8. The third kappa shape index (κ3) is 39.0. The Morgan fingerprint density at radius 2 is 0.614 bits per heavy atom. The van der Waals surface area contributed by atoms with E-state index in [9.17, 15) is 9.59 Å². The summed E-state index contributed by atoms with van der Waals surface area (Å²) in [4.78, 5) is 22.4. The number of unbranched alkanes of at least 4 members (excludes halogenated alkanes) is 32. The van der Waals surface area contributed by atoms with Gasteiger partial charge in [0.05, 0.1) is 6.61 Å². The van der Waals surface area contributed by atoms with Gasteiger partial charge in [0.1, 0.15) is 0 Å². The molecule has 0 aliphatic carbocycles. The standard InChI is InChI=1S/C40H78O4/c1-2-3-4-5-6-7-8-9-10-11-12-13-14-17-20-23-26-29-32-35-38-44-40(43)37-34-31-28-25-22-19-16-15-18-21-24-27-30-33-36-39(41)42/h2-38H2,1H3,(H,41,42). The Morgan fingerprint density at radius 1 is 0.364 bits per heavy atom. The topological polar surface area (TPSA) is 63.6 Å². The lowest BCUT2D eigenvalue weighted by Gasteiger charge is -2.06. The van der Waals surface area contributed by atoms with Gasteiger partial charge >= 0.3 is 11.9 Å². The fraction of sp³-hybridized carbons (Fsp3) is 0.950. The SMILES string of the molecule is CCCCCCCCCCCCCCCCCCCCCCOC(=O)CCCCCCCCCCCCCCCCC(=O)O. The molecule has 0 spiro atoms. The first kappa shape index (κ1) is 42.9. The first-order valence-electron chi connectivity index (χ1n) is 20.0. The van der Waals surface area contributed by atoms with Crippen LogP contribution in [0.15, 0.2) is 0 Å². The van der Waals surface area contributed by atoms with Crippen LogP contribution in [0, 0.1) is 0 Å². The zero-order valence-corrected chi connectivity index (χ0v) is 29.8. The van der Waals surface area contributed by atoms with Gasteiger partial charge in [-0.3, -0.25) is 9.59 Å². The summed E-state index contributed by atoms with van der Waals surface area (Å²) in [5, 5.41) is 8.64. The number of rotatable bonds is 38. The van der Waals surface area contributed by atoms with E-state index < -0.39 is 5.97 Å². The Labute approximate surface area is 275 Å². The van der Waals surface area contributed by atoms with Crippen molar-refractivity contribution in [3.8, 4) is 0 Å². The second-order valence-electron chi connectivity index (χ2n) is 13.8. The Morgan fingerprint density at radius 3 is 0.909 bits per heavy atom. The second kappa shape index (κ2) is 38.1. The fourth-order valence-corrected chi connectivity index (χ4v) is 6.28. The summed E-state index contributed by atoms with van der Waals surface area (Å²) in [5.41, 5.74) is 0. The van der Waals surface area contributed by atoms with Crippen LogP contribution in [0.1, 0.15) is 238 Å². The molecule has 0 amide bonds. The average Bonchev–Trinajstić information content (AvgIpc) is 3.01. The molecule has 0 heterocycles. The van der Waals surface area contributed by atoms with Crippen molar-refractivity contribution in [3.05, 3.63) is 0 Å². The van der Waals surface area contributed by atoms with Crippen LogP contribution >= 0.6 is 0 Å². The number of aliphatic carboxylic acids is 1. The maximum absolute atomic E-state index is 12.0. The van der Waals surface area contributed by atoms with Crippen molar-refractivity contribution < 1.29 is 19.4 Å². The van der Waals surface area contributed by atoms with E-state index in [0.717, 1.165) is 32.1 Å². The predicted molar refractivity (Wildman–Crippen MR) is 190 cm³/mol. The van der Waals surface area contributed by atoms with Gasteiger partial charge in [0.2, 0.25) is 0 Å². The Hall–Kier alpha value is -1.06. The number of carboxylic acids is 1. The zero-order chi connectivity index (χ0) is 32.0. The van der Waals surface area contributed by atoms with E-state index in [2.05, 4.69) is 6.92 Å². The molecule has 0 saturated carbocycles. The number of ether oxygens (including phenoxy) is 1. The molecule has 0 aromatic rings. The smallest absolute Gasteiger partial charge is 0.305 e. The maximum atomic E-state index is 12.0. The molecule has 0 unspecified atom stereocenters. The summed E-state index contributed by atoms with van der Waals surface area (Å²) < 4.78 is 5.45. The van der Waals surface area contributed by atoms with E-state index in [4.69, 9.17) is 9.84 Å². The van der Waals surface area contributed by atoms with Gasteiger partial charge in [-0.1, -0.05) is 206 Å². The number of carbonyl (C=O) groups is 2. The van der Waals surface area contributed by atoms with Crippen LogP contribution in [0.25, 0.3) is 0 Å². The van der Waals surface area contributed by atoms with Crippen LogP contribution in [-0.4, -0.2) is 23.7 Å². The van der Waals surface area contributed by atoms with Crippen molar-refractivity contribution in [3.63, 3.8) is 0 Å². The molecule has 0 atom stereocenters. The van der Waals surface area contributed by atoms with Gasteiger partial charge in [-0.05, 0) is 19.3 Å². The molecule has 0 saturated heterocycles. The highest BCUT2D eigenvalue weighted by Gasteiger charge is 2.03.